The zero-order valence-corrected chi connectivity index (χ0v) is 12.0. The molecule has 0 aromatic heterocycles. The predicted octanol–water partition coefficient (Wildman–Crippen LogP) is 1.06. The molecule has 1 aromatic carbocycles. The largest absolute Gasteiger partial charge is 0.316 e. The molecule has 0 spiro atoms. The first kappa shape index (κ1) is 14.9. The van der Waals surface area contributed by atoms with Crippen molar-refractivity contribution in [2.75, 3.05) is 24.2 Å². The fourth-order valence-corrected chi connectivity index (χ4v) is 3.25. The van der Waals surface area contributed by atoms with E-state index >= 15 is 0 Å². The van der Waals surface area contributed by atoms with Gasteiger partial charge in [0.1, 0.15) is 0 Å². The van der Waals surface area contributed by atoms with Gasteiger partial charge < -0.3 is 10.2 Å². The first-order chi connectivity index (χ1) is 9.39. The zero-order valence-electron chi connectivity index (χ0n) is 11.2. The van der Waals surface area contributed by atoms with Crippen molar-refractivity contribution in [3.05, 3.63) is 29.8 Å². The van der Waals surface area contributed by atoms with Crippen molar-refractivity contribution in [1.29, 1.82) is 0 Å². The lowest BCUT2D eigenvalue weighted by Gasteiger charge is -2.17. The summed E-state index contributed by atoms with van der Waals surface area (Å²) in [6.07, 6.45) is 0.0689. The summed E-state index contributed by atoms with van der Waals surface area (Å²) in [5.41, 5.74) is 1.75. The molecule has 1 N–H and O–H groups in total. The molecular formula is C13H17FN2O3S. The summed E-state index contributed by atoms with van der Waals surface area (Å²) in [5.74, 6) is -1.24. The summed E-state index contributed by atoms with van der Waals surface area (Å²) in [6.45, 7) is 0.920. The summed E-state index contributed by atoms with van der Waals surface area (Å²) in [4.78, 5) is 13.5. The number of carbonyl (C=O) groups excluding carboxylic acids is 1. The van der Waals surface area contributed by atoms with Crippen LogP contribution in [0.25, 0.3) is 0 Å². The lowest BCUT2D eigenvalue weighted by molar-refractivity contribution is -0.117. The van der Waals surface area contributed by atoms with Crippen LogP contribution in [0.4, 0.5) is 9.57 Å². The molecule has 5 nitrogen and oxygen atoms in total. The molecule has 1 atom stereocenters. The summed E-state index contributed by atoms with van der Waals surface area (Å²) in [5, 5.41) is 3.02. The monoisotopic (exact) mass is 300 g/mol. The highest BCUT2D eigenvalue weighted by molar-refractivity contribution is 7.86. The number of nitrogens with zero attached hydrogens (tertiary/aromatic N) is 1. The third-order valence-corrected chi connectivity index (χ3v) is 4.11. The van der Waals surface area contributed by atoms with E-state index in [-0.39, 0.29) is 18.9 Å². The van der Waals surface area contributed by atoms with Gasteiger partial charge in [0.2, 0.25) is 5.91 Å². The minimum absolute atomic E-state index is 0.0689. The van der Waals surface area contributed by atoms with Crippen molar-refractivity contribution in [3.8, 4) is 0 Å². The maximum absolute atomic E-state index is 12.7. The Kier molecular flexibility index (Phi) is 4.39. The molecule has 1 aromatic rings. The van der Waals surface area contributed by atoms with Crippen LogP contribution in [0.3, 0.4) is 0 Å². The summed E-state index contributed by atoms with van der Waals surface area (Å²) in [7, 11) is -2.71. The lowest BCUT2D eigenvalue weighted by atomic mass is 10.1. The molecule has 1 aliphatic rings. The van der Waals surface area contributed by atoms with Crippen molar-refractivity contribution in [2.45, 2.75) is 13.0 Å². The van der Waals surface area contributed by atoms with Crippen molar-refractivity contribution in [2.24, 2.45) is 5.92 Å². The second kappa shape index (κ2) is 5.88. The van der Waals surface area contributed by atoms with Crippen LogP contribution in [0, 0.1) is 5.92 Å². The van der Waals surface area contributed by atoms with E-state index in [0.717, 1.165) is 11.3 Å². The van der Waals surface area contributed by atoms with Gasteiger partial charge in [0.05, 0.1) is 5.75 Å². The van der Waals surface area contributed by atoms with E-state index in [4.69, 9.17) is 0 Å². The predicted molar refractivity (Wildman–Crippen MR) is 74.6 cm³/mol. The van der Waals surface area contributed by atoms with Gasteiger partial charge in [-0.3, -0.25) is 4.79 Å². The van der Waals surface area contributed by atoms with Crippen LogP contribution >= 0.6 is 0 Å². The van der Waals surface area contributed by atoms with E-state index in [1.807, 2.05) is 25.2 Å². The highest BCUT2D eigenvalue weighted by atomic mass is 32.3. The number of halogens is 1. The Morgan fingerprint density at radius 3 is 2.85 bits per heavy atom. The number of hydrogen-bond donors (Lipinski definition) is 1. The van der Waals surface area contributed by atoms with Crippen molar-refractivity contribution >= 4 is 21.8 Å². The number of anilines is 1. The number of amides is 1. The first-order valence-electron chi connectivity index (χ1n) is 6.35. The van der Waals surface area contributed by atoms with Crippen LogP contribution < -0.4 is 10.2 Å². The number of nitrogens with one attached hydrogen (secondary N) is 1. The molecule has 1 aliphatic heterocycles. The fraction of sp³-hybridized carbons (Fsp3) is 0.462. The minimum atomic E-state index is -4.54. The molecule has 7 heteroatoms. The lowest BCUT2D eigenvalue weighted by Crippen LogP contribution is -2.25. The third kappa shape index (κ3) is 3.77. The second-order valence-corrected chi connectivity index (χ2v) is 6.39. The Morgan fingerprint density at radius 2 is 2.20 bits per heavy atom. The van der Waals surface area contributed by atoms with Gasteiger partial charge in [-0.15, -0.1) is 3.89 Å². The highest BCUT2D eigenvalue weighted by Crippen LogP contribution is 2.26. The molecule has 1 saturated heterocycles. The van der Waals surface area contributed by atoms with Gasteiger partial charge in [-0.05, 0) is 24.7 Å². The second-order valence-electron chi connectivity index (χ2n) is 4.98. The SMILES string of the molecule is CNCc1cccc(N2CC(CS(=O)(=O)F)CC2=O)c1. The maximum Gasteiger partial charge on any atom is 0.302 e. The smallest absolute Gasteiger partial charge is 0.302 e. The van der Waals surface area contributed by atoms with Gasteiger partial charge in [0, 0.05) is 31.1 Å². The molecule has 0 saturated carbocycles. The Balaban J connectivity index is 2.13. The first-order valence-corrected chi connectivity index (χ1v) is 7.90. The molecule has 1 fully saturated rings. The average molecular weight is 300 g/mol. The van der Waals surface area contributed by atoms with E-state index in [1.165, 1.54) is 4.90 Å². The molecule has 110 valence electrons. The molecular weight excluding hydrogens is 283 g/mol. The fourth-order valence-electron chi connectivity index (χ4n) is 2.46. The average Bonchev–Trinajstić information content (AvgIpc) is 2.68. The third-order valence-electron chi connectivity index (χ3n) is 3.24. The van der Waals surface area contributed by atoms with Gasteiger partial charge in [-0.1, -0.05) is 12.1 Å². The Bertz CT molecular complexity index is 603. The van der Waals surface area contributed by atoms with Crippen LogP contribution in [0.1, 0.15) is 12.0 Å². The number of hydrogen-bond acceptors (Lipinski definition) is 4. The molecule has 1 amide bonds. The molecule has 0 aliphatic carbocycles. The van der Waals surface area contributed by atoms with Crippen molar-refractivity contribution in [3.63, 3.8) is 0 Å². The molecule has 0 bridgehead atoms. The molecule has 20 heavy (non-hydrogen) atoms. The van der Waals surface area contributed by atoms with Crippen LogP contribution in [0.5, 0.6) is 0 Å². The normalized spacial score (nSPS) is 19.6. The van der Waals surface area contributed by atoms with Crippen LogP contribution in [-0.4, -0.2) is 33.7 Å². The number of carbonyl (C=O) groups is 1. The Morgan fingerprint density at radius 1 is 1.45 bits per heavy atom. The van der Waals surface area contributed by atoms with Crippen LogP contribution in [0.2, 0.25) is 0 Å². The quantitative estimate of drug-likeness (QED) is 0.826. The topological polar surface area (TPSA) is 66.5 Å². The zero-order chi connectivity index (χ0) is 14.8. The van der Waals surface area contributed by atoms with Gasteiger partial charge in [0.15, 0.2) is 0 Å². The summed E-state index contributed by atoms with van der Waals surface area (Å²) >= 11 is 0. The maximum atomic E-state index is 12.7. The Labute approximate surface area is 118 Å². The summed E-state index contributed by atoms with van der Waals surface area (Å²) in [6, 6.07) is 7.45. The van der Waals surface area contributed by atoms with Gasteiger partial charge in [-0.2, -0.15) is 8.42 Å². The van der Waals surface area contributed by atoms with E-state index in [9.17, 15) is 17.1 Å². The van der Waals surface area contributed by atoms with Crippen molar-refractivity contribution in [1.82, 2.24) is 5.32 Å². The van der Waals surface area contributed by atoms with Gasteiger partial charge in [0.25, 0.3) is 0 Å². The molecule has 2 rings (SSSR count). The van der Waals surface area contributed by atoms with E-state index in [2.05, 4.69) is 5.32 Å². The summed E-state index contributed by atoms with van der Waals surface area (Å²) < 4.78 is 34.0. The van der Waals surface area contributed by atoms with Gasteiger partial charge >= 0.3 is 10.2 Å². The minimum Gasteiger partial charge on any atom is -0.316 e. The standard InChI is InChI=1S/C13H17FN2O3S/c1-15-7-10-3-2-4-12(5-10)16-8-11(6-13(16)17)9-20(14,18)19/h2-5,11,15H,6-9H2,1H3. The van der Waals surface area contributed by atoms with Crippen LogP contribution in [-0.2, 0) is 21.6 Å². The molecule has 0 radical (unpaired) electrons. The highest BCUT2D eigenvalue weighted by Gasteiger charge is 2.33. The number of rotatable bonds is 5. The van der Waals surface area contributed by atoms with E-state index < -0.39 is 21.9 Å². The van der Waals surface area contributed by atoms with Crippen molar-refractivity contribution < 1.29 is 17.1 Å². The Hall–Kier alpha value is -1.47. The van der Waals surface area contributed by atoms with E-state index in [1.54, 1.807) is 6.07 Å². The molecule has 1 unspecified atom stereocenters. The number of benzene rings is 1. The van der Waals surface area contributed by atoms with E-state index in [0.29, 0.717) is 6.54 Å². The van der Waals surface area contributed by atoms with Gasteiger partial charge in [-0.25, -0.2) is 0 Å². The molecule has 1 heterocycles. The van der Waals surface area contributed by atoms with Crippen LogP contribution in [0.15, 0.2) is 24.3 Å².